The van der Waals surface area contributed by atoms with Crippen LogP contribution in [-0.2, 0) is 20.9 Å². The highest BCUT2D eigenvalue weighted by Gasteiger charge is 2.25. The van der Waals surface area contributed by atoms with E-state index in [0.717, 1.165) is 30.5 Å². The van der Waals surface area contributed by atoms with Gasteiger partial charge < -0.3 is 20.7 Å². The lowest BCUT2D eigenvalue weighted by Crippen LogP contribution is -2.51. The second-order valence-corrected chi connectivity index (χ2v) is 6.12. The van der Waals surface area contributed by atoms with Gasteiger partial charge in [-0.2, -0.15) is 0 Å². The van der Waals surface area contributed by atoms with Crippen LogP contribution in [-0.4, -0.2) is 37.6 Å². The van der Waals surface area contributed by atoms with E-state index in [2.05, 4.69) is 16.0 Å². The van der Waals surface area contributed by atoms with Crippen LogP contribution in [0.15, 0.2) is 24.3 Å². The molecule has 2 amide bonds. The standard InChI is InChI=1S/C17H23N3O3/c21-16(13-4-2-5-13)20-14-6-1-3-12(9-14)10-19-17(22)15-11-23-8-7-18-15/h1,3,6,9,13,15,18H,2,4-5,7-8,10-11H2,(H,19,22)(H,20,21). The molecule has 3 N–H and O–H groups in total. The molecule has 1 atom stereocenters. The zero-order valence-corrected chi connectivity index (χ0v) is 13.1. The van der Waals surface area contributed by atoms with E-state index in [9.17, 15) is 9.59 Å². The van der Waals surface area contributed by atoms with E-state index in [1.165, 1.54) is 0 Å². The smallest absolute Gasteiger partial charge is 0.239 e. The number of benzene rings is 1. The number of hydrogen-bond acceptors (Lipinski definition) is 4. The molecule has 0 aromatic heterocycles. The van der Waals surface area contributed by atoms with Crippen molar-refractivity contribution < 1.29 is 14.3 Å². The molecule has 2 fully saturated rings. The Morgan fingerprint density at radius 3 is 2.83 bits per heavy atom. The number of rotatable bonds is 5. The van der Waals surface area contributed by atoms with Crippen LogP contribution in [0, 0.1) is 5.92 Å². The fraction of sp³-hybridized carbons (Fsp3) is 0.529. The SMILES string of the molecule is O=C(Nc1cccc(CNC(=O)C2COCCN2)c1)C1CCC1. The summed E-state index contributed by atoms with van der Waals surface area (Å²) in [6, 6.07) is 7.31. The van der Waals surface area contributed by atoms with E-state index in [0.29, 0.717) is 26.3 Å². The minimum atomic E-state index is -0.287. The number of nitrogens with one attached hydrogen (secondary N) is 3. The minimum Gasteiger partial charge on any atom is -0.378 e. The third-order valence-electron chi connectivity index (χ3n) is 4.38. The molecule has 1 aromatic carbocycles. The Kier molecular flexibility index (Phi) is 5.25. The maximum absolute atomic E-state index is 12.0. The van der Waals surface area contributed by atoms with E-state index in [-0.39, 0.29) is 23.8 Å². The molecular weight excluding hydrogens is 294 g/mol. The van der Waals surface area contributed by atoms with Crippen molar-refractivity contribution in [2.45, 2.75) is 31.8 Å². The van der Waals surface area contributed by atoms with Crippen molar-refractivity contribution >= 4 is 17.5 Å². The average Bonchev–Trinajstić information content (AvgIpc) is 2.52. The number of anilines is 1. The molecule has 6 heteroatoms. The van der Waals surface area contributed by atoms with Gasteiger partial charge in [-0.25, -0.2) is 0 Å². The highest BCUT2D eigenvalue weighted by atomic mass is 16.5. The third kappa shape index (κ3) is 4.30. The molecule has 1 aliphatic heterocycles. The van der Waals surface area contributed by atoms with Crippen molar-refractivity contribution in [1.82, 2.24) is 10.6 Å². The highest BCUT2D eigenvalue weighted by Crippen LogP contribution is 2.27. The van der Waals surface area contributed by atoms with E-state index in [1.54, 1.807) is 0 Å². The van der Waals surface area contributed by atoms with Gasteiger partial charge in [0.15, 0.2) is 0 Å². The summed E-state index contributed by atoms with van der Waals surface area (Å²) in [6.45, 7) is 2.18. The molecule has 0 bridgehead atoms. The first-order valence-corrected chi connectivity index (χ1v) is 8.21. The molecule has 1 heterocycles. The normalized spacial score (nSPS) is 21.3. The van der Waals surface area contributed by atoms with Gasteiger partial charge in [-0.1, -0.05) is 18.6 Å². The summed E-state index contributed by atoms with van der Waals surface area (Å²) < 4.78 is 5.29. The molecular formula is C17H23N3O3. The van der Waals surface area contributed by atoms with Crippen molar-refractivity contribution in [3.8, 4) is 0 Å². The summed E-state index contributed by atoms with van der Waals surface area (Å²) in [6.07, 6.45) is 3.11. The van der Waals surface area contributed by atoms with Crippen LogP contribution in [0.3, 0.4) is 0 Å². The van der Waals surface area contributed by atoms with Gasteiger partial charge in [0.1, 0.15) is 6.04 Å². The number of morpholine rings is 1. The molecule has 23 heavy (non-hydrogen) atoms. The van der Waals surface area contributed by atoms with Crippen molar-refractivity contribution in [3.05, 3.63) is 29.8 Å². The minimum absolute atomic E-state index is 0.0615. The first-order valence-electron chi connectivity index (χ1n) is 8.21. The van der Waals surface area contributed by atoms with Crippen LogP contribution in [0.1, 0.15) is 24.8 Å². The first kappa shape index (κ1) is 16.0. The lowest BCUT2D eigenvalue weighted by Gasteiger charge is -2.24. The summed E-state index contributed by atoms with van der Waals surface area (Å²) in [7, 11) is 0. The zero-order chi connectivity index (χ0) is 16.1. The number of ether oxygens (including phenoxy) is 1. The molecule has 1 aromatic rings. The summed E-state index contributed by atoms with van der Waals surface area (Å²) in [5.41, 5.74) is 1.74. The largest absolute Gasteiger partial charge is 0.378 e. The van der Waals surface area contributed by atoms with Crippen LogP contribution >= 0.6 is 0 Å². The van der Waals surface area contributed by atoms with E-state index in [4.69, 9.17) is 4.74 Å². The molecule has 124 valence electrons. The molecule has 6 nitrogen and oxygen atoms in total. The van der Waals surface area contributed by atoms with E-state index in [1.807, 2.05) is 24.3 Å². The lowest BCUT2D eigenvalue weighted by atomic mass is 9.85. The molecule has 3 rings (SSSR count). The van der Waals surface area contributed by atoms with Crippen LogP contribution < -0.4 is 16.0 Å². The maximum Gasteiger partial charge on any atom is 0.239 e. The Hall–Kier alpha value is -1.92. The Morgan fingerprint density at radius 2 is 2.13 bits per heavy atom. The van der Waals surface area contributed by atoms with Gasteiger partial charge in [-0.3, -0.25) is 9.59 Å². The number of carbonyl (C=O) groups is 2. The molecule has 0 spiro atoms. The van der Waals surface area contributed by atoms with Crippen LogP contribution in [0.2, 0.25) is 0 Å². The van der Waals surface area contributed by atoms with Gasteiger partial charge >= 0.3 is 0 Å². The third-order valence-corrected chi connectivity index (χ3v) is 4.38. The average molecular weight is 317 g/mol. The molecule has 0 radical (unpaired) electrons. The van der Waals surface area contributed by atoms with Crippen molar-refractivity contribution in [2.24, 2.45) is 5.92 Å². The van der Waals surface area contributed by atoms with Gasteiger partial charge in [-0.05, 0) is 30.5 Å². The molecule has 2 aliphatic rings. The topological polar surface area (TPSA) is 79.5 Å². The molecule has 1 saturated heterocycles. The quantitative estimate of drug-likeness (QED) is 0.758. The molecule has 1 unspecified atom stereocenters. The second-order valence-electron chi connectivity index (χ2n) is 6.12. The maximum atomic E-state index is 12.0. The fourth-order valence-corrected chi connectivity index (χ4v) is 2.72. The van der Waals surface area contributed by atoms with Crippen molar-refractivity contribution in [1.29, 1.82) is 0 Å². The Morgan fingerprint density at radius 1 is 1.26 bits per heavy atom. The zero-order valence-electron chi connectivity index (χ0n) is 13.1. The lowest BCUT2D eigenvalue weighted by molar-refractivity contribution is -0.126. The van der Waals surface area contributed by atoms with Crippen LogP contribution in [0.4, 0.5) is 5.69 Å². The number of amides is 2. The Bertz CT molecular complexity index is 566. The van der Waals surface area contributed by atoms with Crippen molar-refractivity contribution in [3.63, 3.8) is 0 Å². The van der Waals surface area contributed by atoms with E-state index >= 15 is 0 Å². The van der Waals surface area contributed by atoms with Crippen LogP contribution in [0.25, 0.3) is 0 Å². The fourth-order valence-electron chi connectivity index (χ4n) is 2.72. The van der Waals surface area contributed by atoms with E-state index < -0.39 is 0 Å². The summed E-state index contributed by atoms with van der Waals surface area (Å²) in [5.74, 6) is 0.199. The van der Waals surface area contributed by atoms with Crippen LogP contribution in [0.5, 0.6) is 0 Å². The van der Waals surface area contributed by atoms with Gasteiger partial charge in [0.25, 0.3) is 0 Å². The van der Waals surface area contributed by atoms with Gasteiger partial charge in [0.2, 0.25) is 11.8 Å². The Labute approximate surface area is 136 Å². The monoisotopic (exact) mass is 317 g/mol. The Balaban J connectivity index is 1.50. The van der Waals surface area contributed by atoms with Crippen molar-refractivity contribution in [2.75, 3.05) is 25.1 Å². The predicted octanol–water partition coefficient (Wildman–Crippen LogP) is 1.03. The molecule has 1 aliphatic carbocycles. The summed E-state index contributed by atoms with van der Waals surface area (Å²) >= 11 is 0. The van der Waals surface area contributed by atoms with Gasteiger partial charge in [0.05, 0.1) is 13.2 Å². The number of hydrogen-bond donors (Lipinski definition) is 3. The summed E-state index contributed by atoms with van der Waals surface area (Å²) in [4.78, 5) is 24.0. The first-order chi connectivity index (χ1) is 11.2. The number of carbonyl (C=O) groups excluding carboxylic acids is 2. The second kappa shape index (κ2) is 7.57. The predicted molar refractivity (Wildman–Crippen MR) is 86.9 cm³/mol. The summed E-state index contributed by atoms with van der Waals surface area (Å²) in [5, 5.41) is 8.98. The van der Waals surface area contributed by atoms with Gasteiger partial charge in [0, 0.05) is 24.7 Å². The highest BCUT2D eigenvalue weighted by molar-refractivity contribution is 5.93. The molecule has 1 saturated carbocycles. The van der Waals surface area contributed by atoms with Gasteiger partial charge in [-0.15, -0.1) is 0 Å².